The third-order valence-corrected chi connectivity index (χ3v) is 7.42. The summed E-state index contributed by atoms with van der Waals surface area (Å²) < 4.78 is 5.53. The second-order valence-electron chi connectivity index (χ2n) is 9.28. The van der Waals surface area contributed by atoms with Gasteiger partial charge in [-0.1, -0.05) is 54.6 Å². The minimum atomic E-state index is -0.830. The number of benzene rings is 2. The SMILES string of the molecule is C/C(=C\CNC(=O)OCC1c2ccccc2-c2ccccc21)C(=O)N1C2CCC1C(C(=O)O)C2. The lowest BCUT2D eigenvalue weighted by atomic mass is 9.89. The maximum atomic E-state index is 12.9. The van der Waals surface area contributed by atoms with E-state index in [0.717, 1.165) is 24.0 Å². The van der Waals surface area contributed by atoms with Gasteiger partial charge in [-0.3, -0.25) is 9.59 Å². The first-order valence-corrected chi connectivity index (χ1v) is 11.8. The molecule has 2 saturated heterocycles. The Morgan fingerprint density at radius 3 is 2.32 bits per heavy atom. The van der Waals surface area contributed by atoms with Crippen LogP contribution in [0.2, 0.25) is 0 Å². The average Bonchev–Trinajstić information content (AvgIpc) is 3.52. The van der Waals surface area contributed by atoms with E-state index in [0.29, 0.717) is 12.0 Å². The Morgan fingerprint density at radius 2 is 1.71 bits per heavy atom. The first kappa shape index (κ1) is 22.2. The van der Waals surface area contributed by atoms with Crippen LogP contribution >= 0.6 is 0 Å². The first-order valence-electron chi connectivity index (χ1n) is 11.8. The highest BCUT2D eigenvalue weighted by molar-refractivity contribution is 5.94. The normalized spacial score (nSPS) is 22.9. The van der Waals surface area contributed by atoms with Gasteiger partial charge in [0, 0.05) is 30.1 Å². The van der Waals surface area contributed by atoms with Crippen LogP contribution in [0.3, 0.4) is 0 Å². The van der Waals surface area contributed by atoms with Gasteiger partial charge in [0.1, 0.15) is 6.61 Å². The average molecular weight is 461 g/mol. The maximum absolute atomic E-state index is 12.9. The lowest BCUT2D eigenvalue weighted by Crippen LogP contribution is -2.38. The van der Waals surface area contributed by atoms with Crippen molar-refractivity contribution in [1.82, 2.24) is 10.2 Å². The number of nitrogens with one attached hydrogen (secondary N) is 1. The van der Waals surface area contributed by atoms with Gasteiger partial charge in [0.05, 0.1) is 5.92 Å². The summed E-state index contributed by atoms with van der Waals surface area (Å²) in [7, 11) is 0. The Morgan fingerprint density at radius 1 is 1.06 bits per heavy atom. The van der Waals surface area contributed by atoms with Gasteiger partial charge >= 0.3 is 12.1 Å². The number of alkyl carbamates (subject to hydrolysis) is 1. The Balaban J connectivity index is 1.15. The second kappa shape index (κ2) is 8.97. The van der Waals surface area contributed by atoms with Crippen molar-refractivity contribution < 1.29 is 24.2 Å². The Kier molecular flexibility index (Phi) is 5.86. The fourth-order valence-electron chi connectivity index (χ4n) is 5.80. The maximum Gasteiger partial charge on any atom is 0.407 e. The van der Waals surface area contributed by atoms with Gasteiger partial charge in [0.15, 0.2) is 0 Å². The zero-order valence-electron chi connectivity index (χ0n) is 19.1. The van der Waals surface area contributed by atoms with E-state index in [9.17, 15) is 19.5 Å². The molecule has 1 aliphatic carbocycles. The molecule has 7 heteroatoms. The van der Waals surface area contributed by atoms with Crippen molar-refractivity contribution in [2.45, 2.75) is 44.2 Å². The second-order valence-corrected chi connectivity index (χ2v) is 9.28. The summed E-state index contributed by atoms with van der Waals surface area (Å²) in [6, 6.07) is 16.1. The summed E-state index contributed by atoms with van der Waals surface area (Å²) in [6.45, 7) is 2.10. The van der Waals surface area contributed by atoms with Crippen molar-refractivity contribution in [3.63, 3.8) is 0 Å². The van der Waals surface area contributed by atoms with Crippen molar-refractivity contribution in [2.24, 2.45) is 5.92 Å². The summed E-state index contributed by atoms with van der Waals surface area (Å²) in [5.41, 5.74) is 5.15. The van der Waals surface area contributed by atoms with Crippen LogP contribution < -0.4 is 5.32 Å². The van der Waals surface area contributed by atoms with E-state index in [2.05, 4.69) is 29.6 Å². The smallest absolute Gasteiger partial charge is 0.407 e. The molecule has 2 N–H and O–H groups in total. The molecule has 7 nitrogen and oxygen atoms in total. The molecule has 2 aliphatic heterocycles. The van der Waals surface area contributed by atoms with Crippen LogP contribution in [0, 0.1) is 5.92 Å². The summed E-state index contributed by atoms with van der Waals surface area (Å²) >= 11 is 0. The lowest BCUT2D eigenvalue weighted by molar-refractivity contribution is -0.143. The van der Waals surface area contributed by atoms with Crippen LogP contribution in [0.1, 0.15) is 43.2 Å². The molecule has 34 heavy (non-hydrogen) atoms. The van der Waals surface area contributed by atoms with Crippen LogP contribution in [-0.2, 0) is 14.3 Å². The van der Waals surface area contributed by atoms with E-state index in [-0.39, 0.29) is 37.1 Å². The van der Waals surface area contributed by atoms with Gasteiger partial charge < -0.3 is 20.1 Å². The molecule has 2 fully saturated rings. The minimum Gasteiger partial charge on any atom is -0.481 e. The molecule has 2 heterocycles. The number of fused-ring (bicyclic) bond motifs is 5. The fraction of sp³-hybridized carbons (Fsp3) is 0.370. The molecule has 3 aliphatic rings. The van der Waals surface area contributed by atoms with Gasteiger partial charge in [-0.05, 0) is 48.4 Å². The van der Waals surface area contributed by atoms with Crippen molar-refractivity contribution in [2.75, 3.05) is 13.2 Å². The third-order valence-electron chi connectivity index (χ3n) is 7.42. The summed E-state index contributed by atoms with van der Waals surface area (Å²) in [6.07, 6.45) is 3.24. The molecule has 3 unspecified atom stereocenters. The largest absolute Gasteiger partial charge is 0.481 e. The number of carbonyl (C=O) groups is 3. The zero-order valence-corrected chi connectivity index (χ0v) is 19.1. The van der Waals surface area contributed by atoms with Crippen molar-refractivity contribution in [3.8, 4) is 11.1 Å². The highest BCUT2D eigenvalue weighted by Gasteiger charge is 2.51. The first-order chi connectivity index (χ1) is 16.5. The lowest BCUT2D eigenvalue weighted by Gasteiger charge is -2.23. The number of carboxylic acids is 1. The number of carbonyl (C=O) groups excluding carboxylic acids is 2. The molecule has 0 spiro atoms. The van der Waals surface area contributed by atoms with Crippen LogP contribution in [0.25, 0.3) is 11.1 Å². The number of aliphatic carboxylic acids is 1. The zero-order chi connectivity index (χ0) is 23.8. The summed E-state index contributed by atoms with van der Waals surface area (Å²) in [5, 5.41) is 12.1. The van der Waals surface area contributed by atoms with Gasteiger partial charge in [-0.25, -0.2) is 4.79 Å². The fourth-order valence-corrected chi connectivity index (χ4v) is 5.80. The Labute approximate surface area is 198 Å². The molecular formula is C27H28N2O5. The third kappa shape index (κ3) is 3.85. The standard InChI is InChI=1S/C27H28N2O5/c1-16(25(30)29-17-10-11-24(29)22(14-17)26(31)32)12-13-28-27(33)34-15-23-20-8-4-2-6-18(20)19-7-3-5-9-21(19)23/h2-9,12,17,22-24H,10-11,13-15H2,1H3,(H,28,33)(H,31,32)/b16-12+. The molecule has 176 valence electrons. The van der Waals surface area contributed by atoms with Crippen LogP contribution in [0.4, 0.5) is 4.79 Å². The summed E-state index contributed by atoms with van der Waals surface area (Å²) in [5.74, 6) is -1.46. The molecule has 2 aromatic rings. The molecule has 0 saturated carbocycles. The van der Waals surface area contributed by atoms with Crippen LogP contribution in [0.15, 0.2) is 60.2 Å². The molecule has 2 aromatic carbocycles. The van der Waals surface area contributed by atoms with E-state index in [1.54, 1.807) is 17.9 Å². The van der Waals surface area contributed by atoms with Crippen LogP contribution in [0.5, 0.6) is 0 Å². The number of ether oxygens (including phenoxy) is 1. The Bertz CT molecular complexity index is 1130. The van der Waals surface area contributed by atoms with Crippen molar-refractivity contribution >= 4 is 18.0 Å². The monoisotopic (exact) mass is 460 g/mol. The minimum absolute atomic E-state index is 0.00274. The van der Waals surface area contributed by atoms with E-state index in [1.165, 1.54) is 11.1 Å². The topological polar surface area (TPSA) is 95.9 Å². The van der Waals surface area contributed by atoms with E-state index < -0.39 is 18.0 Å². The number of amides is 2. The Hall–Kier alpha value is -3.61. The molecular weight excluding hydrogens is 432 g/mol. The predicted molar refractivity (Wildman–Crippen MR) is 126 cm³/mol. The number of carboxylic acid groups (broad SMARTS) is 1. The molecule has 2 amide bonds. The van der Waals surface area contributed by atoms with E-state index in [4.69, 9.17) is 4.74 Å². The molecule has 2 bridgehead atoms. The number of nitrogens with zero attached hydrogens (tertiary/aromatic N) is 1. The van der Waals surface area contributed by atoms with E-state index >= 15 is 0 Å². The molecule has 0 radical (unpaired) electrons. The number of rotatable bonds is 6. The van der Waals surface area contributed by atoms with Gasteiger partial charge in [-0.15, -0.1) is 0 Å². The number of hydrogen-bond acceptors (Lipinski definition) is 4. The quantitative estimate of drug-likeness (QED) is 0.637. The highest BCUT2D eigenvalue weighted by atomic mass is 16.5. The van der Waals surface area contributed by atoms with Gasteiger partial charge in [0.25, 0.3) is 0 Å². The predicted octanol–water partition coefficient (Wildman–Crippen LogP) is 3.94. The van der Waals surface area contributed by atoms with E-state index in [1.807, 2.05) is 24.3 Å². The van der Waals surface area contributed by atoms with Crippen molar-refractivity contribution in [1.29, 1.82) is 0 Å². The highest BCUT2D eigenvalue weighted by Crippen LogP contribution is 2.44. The van der Waals surface area contributed by atoms with Gasteiger partial charge in [0.2, 0.25) is 5.91 Å². The summed E-state index contributed by atoms with van der Waals surface area (Å²) in [4.78, 5) is 38.4. The van der Waals surface area contributed by atoms with Crippen LogP contribution in [-0.4, -0.2) is 53.2 Å². The molecule has 3 atom stereocenters. The number of hydrogen-bond donors (Lipinski definition) is 2. The molecule has 5 rings (SSSR count). The van der Waals surface area contributed by atoms with Gasteiger partial charge in [-0.2, -0.15) is 0 Å². The van der Waals surface area contributed by atoms with Crippen molar-refractivity contribution in [3.05, 3.63) is 71.3 Å². The molecule has 0 aromatic heterocycles.